The number of halogens is 3. The van der Waals surface area contributed by atoms with Crippen LogP contribution in [0.2, 0.25) is 0 Å². The molecular weight excluding hydrogens is 359 g/mol. The van der Waals surface area contributed by atoms with Crippen LogP contribution in [0.4, 0.5) is 18.9 Å². The summed E-state index contributed by atoms with van der Waals surface area (Å²) in [7, 11) is 2.02. The van der Waals surface area contributed by atoms with E-state index < -0.39 is 23.8 Å². The van der Waals surface area contributed by atoms with Crippen molar-refractivity contribution in [2.45, 2.75) is 13.0 Å². The smallest absolute Gasteiger partial charge is 0.280 e. The van der Waals surface area contributed by atoms with Crippen molar-refractivity contribution in [3.8, 4) is 0 Å². The zero-order valence-electron chi connectivity index (χ0n) is 14.8. The lowest BCUT2D eigenvalue weighted by molar-refractivity contribution is 0.0949. The highest BCUT2D eigenvalue weighted by Crippen LogP contribution is 2.22. The molecule has 0 spiro atoms. The number of piperazine rings is 1. The fourth-order valence-electron chi connectivity index (χ4n) is 2.83. The van der Waals surface area contributed by atoms with E-state index in [4.69, 9.17) is 0 Å². The predicted molar refractivity (Wildman–Crippen MR) is 94.3 cm³/mol. The summed E-state index contributed by atoms with van der Waals surface area (Å²) >= 11 is 0. The van der Waals surface area contributed by atoms with Crippen LogP contribution in [0.3, 0.4) is 0 Å². The van der Waals surface area contributed by atoms with Gasteiger partial charge in [0.1, 0.15) is 17.3 Å². The third kappa shape index (κ3) is 4.73. The highest BCUT2D eigenvalue weighted by Gasteiger charge is 2.19. The van der Waals surface area contributed by atoms with Crippen molar-refractivity contribution in [1.82, 2.24) is 20.2 Å². The van der Waals surface area contributed by atoms with Gasteiger partial charge in [-0.05, 0) is 31.3 Å². The first kappa shape index (κ1) is 19.1. The summed E-state index contributed by atoms with van der Waals surface area (Å²) in [6.07, 6.45) is -1.50. The standard InChI is InChI=1S/C18H20F3N5O/c1-25-6-8-26(9-7-25)15-3-2-12(10-13(15)19)18(27)23-11-16-22-5-4-14(24-16)17(20)21/h2-5,10,17H,6-9,11H2,1H3,(H,23,27). The van der Waals surface area contributed by atoms with Gasteiger partial charge in [-0.2, -0.15) is 0 Å². The quantitative estimate of drug-likeness (QED) is 0.863. The molecule has 0 saturated carbocycles. The van der Waals surface area contributed by atoms with Crippen LogP contribution in [0.5, 0.6) is 0 Å². The Bertz CT molecular complexity index is 809. The number of carbonyl (C=O) groups excluding carboxylic acids is 1. The molecular formula is C18H20F3N5O. The van der Waals surface area contributed by atoms with Crippen LogP contribution in [-0.4, -0.2) is 54.0 Å². The number of amides is 1. The Balaban J connectivity index is 1.63. The summed E-state index contributed by atoms with van der Waals surface area (Å²) in [5.74, 6) is -0.927. The number of hydrogen-bond donors (Lipinski definition) is 1. The molecule has 27 heavy (non-hydrogen) atoms. The maximum Gasteiger partial charge on any atom is 0.280 e. The number of likely N-dealkylation sites (N-methyl/N-ethyl adjacent to an activating group) is 1. The molecule has 6 nitrogen and oxygen atoms in total. The molecule has 0 atom stereocenters. The summed E-state index contributed by atoms with van der Waals surface area (Å²) in [6.45, 7) is 3.01. The maximum absolute atomic E-state index is 14.5. The fourth-order valence-corrected chi connectivity index (χ4v) is 2.83. The third-order valence-corrected chi connectivity index (χ3v) is 4.41. The summed E-state index contributed by atoms with van der Waals surface area (Å²) in [5.41, 5.74) is 0.208. The molecule has 1 aliphatic heterocycles. The fraction of sp³-hybridized carbons (Fsp3) is 0.389. The average molecular weight is 379 g/mol. The van der Waals surface area contributed by atoms with Gasteiger partial charge in [0.15, 0.2) is 0 Å². The van der Waals surface area contributed by atoms with E-state index >= 15 is 0 Å². The third-order valence-electron chi connectivity index (χ3n) is 4.41. The van der Waals surface area contributed by atoms with Crippen LogP contribution in [-0.2, 0) is 6.54 Å². The highest BCUT2D eigenvalue weighted by atomic mass is 19.3. The first-order valence-electron chi connectivity index (χ1n) is 8.55. The lowest BCUT2D eigenvalue weighted by Gasteiger charge is -2.34. The molecule has 0 unspecified atom stereocenters. The van der Waals surface area contributed by atoms with Gasteiger partial charge < -0.3 is 15.1 Å². The first-order valence-corrected chi connectivity index (χ1v) is 8.55. The van der Waals surface area contributed by atoms with Crippen LogP contribution in [0.15, 0.2) is 30.5 Å². The summed E-state index contributed by atoms with van der Waals surface area (Å²) < 4.78 is 39.7. The van der Waals surface area contributed by atoms with Gasteiger partial charge in [0.25, 0.3) is 12.3 Å². The van der Waals surface area contributed by atoms with Crippen molar-refractivity contribution in [2.24, 2.45) is 0 Å². The topological polar surface area (TPSA) is 61.4 Å². The molecule has 1 amide bonds. The summed E-state index contributed by atoms with van der Waals surface area (Å²) in [6, 6.07) is 5.42. The zero-order valence-corrected chi connectivity index (χ0v) is 14.8. The molecule has 1 aromatic carbocycles. The molecule has 1 saturated heterocycles. The Labute approximate surface area is 155 Å². The molecule has 0 radical (unpaired) electrons. The molecule has 2 heterocycles. The molecule has 2 aromatic rings. The van der Waals surface area contributed by atoms with E-state index in [0.717, 1.165) is 32.2 Å². The molecule has 144 valence electrons. The van der Waals surface area contributed by atoms with E-state index in [2.05, 4.69) is 20.2 Å². The Kier molecular flexibility index (Phi) is 5.90. The lowest BCUT2D eigenvalue weighted by Crippen LogP contribution is -2.44. The van der Waals surface area contributed by atoms with Gasteiger partial charge in [-0.15, -0.1) is 0 Å². The number of aromatic nitrogens is 2. The highest BCUT2D eigenvalue weighted by molar-refractivity contribution is 5.94. The minimum absolute atomic E-state index is 0.0654. The molecule has 1 aliphatic rings. The monoisotopic (exact) mass is 379 g/mol. The molecule has 1 N–H and O–H groups in total. The van der Waals surface area contributed by atoms with Gasteiger partial charge in [-0.25, -0.2) is 23.1 Å². The summed E-state index contributed by atoms with van der Waals surface area (Å²) in [4.78, 5) is 23.8. The normalized spacial score (nSPS) is 15.2. The zero-order chi connectivity index (χ0) is 19.4. The van der Waals surface area contributed by atoms with Crippen molar-refractivity contribution >= 4 is 11.6 Å². The van der Waals surface area contributed by atoms with Gasteiger partial charge in [0.05, 0.1) is 12.2 Å². The molecule has 9 heteroatoms. The number of hydrogen-bond acceptors (Lipinski definition) is 5. The van der Waals surface area contributed by atoms with Crippen molar-refractivity contribution in [2.75, 3.05) is 38.1 Å². The molecule has 0 bridgehead atoms. The maximum atomic E-state index is 14.5. The minimum Gasteiger partial charge on any atom is -0.367 e. The number of nitrogens with one attached hydrogen (secondary N) is 1. The van der Waals surface area contributed by atoms with Crippen LogP contribution in [0.25, 0.3) is 0 Å². The number of benzene rings is 1. The van der Waals surface area contributed by atoms with Crippen molar-refractivity contribution in [1.29, 1.82) is 0 Å². The van der Waals surface area contributed by atoms with Crippen molar-refractivity contribution in [3.05, 3.63) is 53.4 Å². The molecule has 3 rings (SSSR count). The van der Waals surface area contributed by atoms with E-state index in [1.807, 2.05) is 11.9 Å². The van der Waals surface area contributed by atoms with E-state index in [9.17, 15) is 18.0 Å². The van der Waals surface area contributed by atoms with Crippen LogP contribution in [0, 0.1) is 5.82 Å². The lowest BCUT2D eigenvalue weighted by atomic mass is 10.1. The van der Waals surface area contributed by atoms with Crippen LogP contribution >= 0.6 is 0 Å². The largest absolute Gasteiger partial charge is 0.367 e. The number of alkyl halides is 2. The second-order valence-corrected chi connectivity index (χ2v) is 6.34. The van der Waals surface area contributed by atoms with Gasteiger partial charge in [0, 0.05) is 37.9 Å². The second kappa shape index (κ2) is 8.34. The number of carbonyl (C=O) groups is 1. The van der Waals surface area contributed by atoms with E-state index in [1.54, 1.807) is 12.1 Å². The van der Waals surface area contributed by atoms with Crippen LogP contribution < -0.4 is 10.2 Å². The van der Waals surface area contributed by atoms with Crippen molar-refractivity contribution in [3.63, 3.8) is 0 Å². The van der Waals surface area contributed by atoms with E-state index in [-0.39, 0.29) is 17.9 Å². The van der Waals surface area contributed by atoms with Crippen LogP contribution in [0.1, 0.15) is 28.3 Å². The molecule has 0 aliphatic carbocycles. The van der Waals surface area contributed by atoms with Gasteiger partial charge in [0.2, 0.25) is 0 Å². The Morgan fingerprint density at radius 3 is 2.63 bits per heavy atom. The Hall–Kier alpha value is -2.68. The minimum atomic E-state index is -2.71. The van der Waals surface area contributed by atoms with E-state index in [0.29, 0.717) is 5.69 Å². The van der Waals surface area contributed by atoms with Gasteiger partial charge in [-0.3, -0.25) is 4.79 Å². The average Bonchev–Trinajstić information content (AvgIpc) is 2.67. The number of nitrogens with zero attached hydrogens (tertiary/aromatic N) is 4. The van der Waals surface area contributed by atoms with Crippen molar-refractivity contribution < 1.29 is 18.0 Å². The number of rotatable bonds is 5. The number of anilines is 1. The van der Waals surface area contributed by atoms with Gasteiger partial charge in [-0.1, -0.05) is 0 Å². The second-order valence-electron chi connectivity index (χ2n) is 6.34. The van der Waals surface area contributed by atoms with E-state index in [1.165, 1.54) is 12.3 Å². The Morgan fingerprint density at radius 1 is 1.22 bits per heavy atom. The summed E-state index contributed by atoms with van der Waals surface area (Å²) in [5, 5.41) is 2.52. The Morgan fingerprint density at radius 2 is 1.96 bits per heavy atom. The predicted octanol–water partition coefficient (Wildman–Crippen LogP) is 2.24. The molecule has 1 aromatic heterocycles. The van der Waals surface area contributed by atoms with Gasteiger partial charge >= 0.3 is 0 Å². The SMILES string of the molecule is CN1CCN(c2ccc(C(=O)NCc3nccc(C(F)F)n3)cc2F)CC1. The first-order chi connectivity index (χ1) is 12.9. The molecule has 1 fully saturated rings.